The highest BCUT2D eigenvalue weighted by molar-refractivity contribution is 9.09. The molecule has 7 heteroatoms. The number of hydrogen-bond acceptors (Lipinski definition) is 6. The van der Waals surface area contributed by atoms with E-state index in [2.05, 4.69) is 48.4 Å². The largest absolute Gasteiger partial charge is 0.316 e. The second-order valence-electron chi connectivity index (χ2n) is 7.29. The minimum absolute atomic E-state index is 0.214. The lowest BCUT2D eigenvalue weighted by atomic mass is 9.90. The monoisotopic (exact) mass is 396 g/mol. The zero-order valence-electron chi connectivity index (χ0n) is 14.2. The van der Waals surface area contributed by atoms with Crippen molar-refractivity contribution in [3.63, 3.8) is 0 Å². The van der Waals surface area contributed by atoms with Gasteiger partial charge in [-0.3, -0.25) is 15.7 Å². The summed E-state index contributed by atoms with van der Waals surface area (Å²) >= 11 is 3.81. The molecule has 4 N–H and O–H groups in total. The van der Waals surface area contributed by atoms with E-state index in [1.54, 1.807) is 0 Å². The molecule has 0 aromatic rings. The lowest BCUT2D eigenvalue weighted by molar-refractivity contribution is 0.0953. The summed E-state index contributed by atoms with van der Waals surface area (Å²) in [6.45, 7) is 6.29. The maximum atomic E-state index is 5.12. The maximum absolute atomic E-state index is 5.12. The first kappa shape index (κ1) is 17.1. The van der Waals surface area contributed by atoms with E-state index in [0.29, 0.717) is 16.9 Å². The number of nitrogens with zero attached hydrogens (tertiary/aromatic N) is 2. The molecule has 2 fully saturated rings. The van der Waals surface area contributed by atoms with Crippen molar-refractivity contribution in [2.24, 2.45) is 10.9 Å². The van der Waals surface area contributed by atoms with Crippen molar-refractivity contribution in [2.45, 2.75) is 42.8 Å². The van der Waals surface area contributed by atoms with E-state index in [0.717, 1.165) is 52.1 Å². The van der Waals surface area contributed by atoms with Gasteiger partial charge >= 0.3 is 0 Å². The van der Waals surface area contributed by atoms with Gasteiger partial charge in [0.05, 0.1) is 11.0 Å². The molecule has 4 atom stereocenters. The molecule has 6 nitrogen and oxygen atoms in total. The van der Waals surface area contributed by atoms with Gasteiger partial charge in [0, 0.05) is 44.2 Å². The van der Waals surface area contributed by atoms with E-state index < -0.39 is 0 Å². The van der Waals surface area contributed by atoms with Crippen LogP contribution in [0.3, 0.4) is 0 Å². The molecule has 0 aliphatic carbocycles. The zero-order chi connectivity index (χ0) is 16.4. The average molecular weight is 397 g/mol. The van der Waals surface area contributed by atoms with Gasteiger partial charge in [0.2, 0.25) is 0 Å². The van der Waals surface area contributed by atoms with Crippen molar-refractivity contribution in [3.05, 3.63) is 11.6 Å². The Morgan fingerprint density at radius 3 is 3.04 bits per heavy atom. The minimum Gasteiger partial charge on any atom is -0.316 e. The van der Waals surface area contributed by atoms with Gasteiger partial charge < -0.3 is 10.6 Å². The van der Waals surface area contributed by atoms with Gasteiger partial charge in [0.15, 0.2) is 0 Å². The zero-order valence-corrected chi connectivity index (χ0v) is 15.8. The molecule has 0 aromatic carbocycles. The predicted molar refractivity (Wildman–Crippen MR) is 101 cm³/mol. The molecule has 4 unspecified atom stereocenters. The van der Waals surface area contributed by atoms with Gasteiger partial charge in [-0.05, 0) is 37.9 Å². The lowest BCUT2D eigenvalue weighted by Gasteiger charge is -2.39. The number of alkyl halides is 1. The minimum atomic E-state index is 0.214. The molecule has 0 radical (unpaired) electrons. The highest BCUT2D eigenvalue weighted by Crippen LogP contribution is 2.29. The molecule has 0 saturated carbocycles. The standard InChI is InChI=1S/C17H29BrN6/c18-14-11-22-24-16(21-9-12-3-1-5-19-8-12)7-15(23-17(14)24)13-4-2-6-20-10-13/h3,13-14,16-17,19-22H,1-2,4-11H2. The fraction of sp³-hybridized carbons (Fsp3) is 0.824. The predicted octanol–water partition coefficient (Wildman–Crippen LogP) is 0.576. The SMILES string of the molecule is BrC1CNN2C(NCC3=CCCNC3)CC(C3CCCNC3)=NC12. The van der Waals surface area contributed by atoms with Gasteiger partial charge in [-0.2, -0.15) is 0 Å². The van der Waals surface area contributed by atoms with Crippen molar-refractivity contribution in [1.29, 1.82) is 0 Å². The van der Waals surface area contributed by atoms with Crippen LogP contribution in [0.4, 0.5) is 0 Å². The summed E-state index contributed by atoms with van der Waals surface area (Å²) in [5.41, 5.74) is 6.43. The molecule has 4 aliphatic rings. The van der Waals surface area contributed by atoms with Crippen LogP contribution >= 0.6 is 15.9 Å². The third-order valence-electron chi connectivity index (χ3n) is 5.55. The van der Waals surface area contributed by atoms with Gasteiger partial charge in [-0.1, -0.05) is 22.0 Å². The topological polar surface area (TPSA) is 63.7 Å². The number of hydrazine groups is 1. The number of piperidine rings is 1. The second-order valence-corrected chi connectivity index (χ2v) is 8.47. The van der Waals surface area contributed by atoms with Crippen LogP contribution in [0.1, 0.15) is 25.7 Å². The number of hydrogen-bond donors (Lipinski definition) is 4. The van der Waals surface area contributed by atoms with Crippen molar-refractivity contribution >= 4 is 21.6 Å². The lowest BCUT2D eigenvalue weighted by Crippen LogP contribution is -2.57. The number of nitrogens with one attached hydrogen (secondary N) is 4. The van der Waals surface area contributed by atoms with Gasteiger partial charge in [-0.25, -0.2) is 5.01 Å². The highest BCUT2D eigenvalue weighted by atomic mass is 79.9. The molecule has 2 saturated heterocycles. The number of fused-ring (bicyclic) bond motifs is 1. The molecule has 0 amide bonds. The molecular formula is C17H29BrN6. The second kappa shape index (κ2) is 7.93. The van der Waals surface area contributed by atoms with Crippen LogP contribution < -0.4 is 21.4 Å². The van der Waals surface area contributed by atoms with E-state index in [-0.39, 0.29) is 6.17 Å². The number of aliphatic imine (C=N–C) groups is 1. The number of rotatable bonds is 4. The van der Waals surface area contributed by atoms with Crippen LogP contribution in [0.15, 0.2) is 16.6 Å². The Kier molecular flexibility index (Phi) is 5.66. The molecule has 24 heavy (non-hydrogen) atoms. The summed E-state index contributed by atoms with van der Waals surface area (Å²) in [4.78, 5) is 5.51. The normalized spacial score (nSPS) is 37.7. The summed E-state index contributed by atoms with van der Waals surface area (Å²) in [5, 5.41) is 13.1. The van der Waals surface area contributed by atoms with Crippen LogP contribution in [0, 0.1) is 5.92 Å². The summed E-state index contributed by atoms with van der Waals surface area (Å²) in [5.74, 6) is 0.612. The van der Waals surface area contributed by atoms with Crippen molar-refractivity contribution in [3.8, 4) is 0 Å². The summed E-state index contributed by atoms with van der Waals surface area (Å²) in [6, 6.07) is 0. The Morgan fingerprint density at radius 1 is 1.29 bits per heavy atom. The smallest absolute Gasteiger partial charge is 0.130 e. The van der Waals surface area contributed by atoms with E-state index >= 15 is 0 Å². The Bertz CT molecular complexity index is 501. The van der Waals surface area contributed by atoms with E-state index in [1.807, 2.05) is 0 Å². The summed E-state index contributed by atoms with van der Waals surface area (Å²) in [6.07, 6.45) is 7.65. The van der Waals surface area contributed by atoms with Gasteiger partial charge in [0.1, 0.15) is 6.17 Å². The van der Waals surface area contributed by atoms with Crippen LogP contribution in [0.25, 0.3) is 0 Å². The van der Waals surface area contributed by atoms with Crippen LogP contribution in [-0.2, 0) is 0 Å². The van der Waals surface area contributed by atoms with Crippen LogP contribution in [0.2, 0.25) is 0 Å². The van der Waals surface area contributed by atoms with Crippen LogP contribution in [-0.4, -0.2) is 67.1 Å². The van der Waals surface area contributed by atoms with Crippen LogP contribution in [0.5, 0.6) is 0 Å². The third kappa shape index (κ3) is 3.76. The maximum Gasteiger partial charge on any atom is 0.130 e. The first-order chi connectivity index (χ1) is 11.8. The van der Waals surface area contributed by atoms with Gasteiger partial charge in [-0.15, -0.1) is 0 Å². The molecular weight excluding hydrogens is 368 g/mol. The molecule has 0 bridgehead atoms. The Balaban J connectivity index is 1.45. The first-order valence-corrected chi connectivity index (χ1v) is 10.3. The fourth-order valence-electron chi connectivity index (χ4n) is 4.18. The highest BCUT2D eigenvalue weighted by Gasteiger charge is 2.41. The van der Waals surface area contributed by atoms with Crippen molar-refractivity contribution < 1.29 is 0 Å². The van der Waals surface area contributed by atoms with Crippen molar-refractivity contribution in [2.75, 3.05) is 39.3 Å². The average Bonchev–Trinajstić information content (AvgIpc) is 3.02. The van der Waals surface area contributed by atoms with E-state index in [4.69, 9.17) is 4.99 Å². The Hall–Kier alpha value is -0.310. The summed E-state index contributed by atoms with van der Waals surface area (Å²) in [7, 11) is 0. The first-order valence-electron chi connectivity index (χ1n) is 9.36. The third-order valence-corrected chi connectivity index (χ3v) is 6.35. The molecule has 4 aliphatic heterocycles. The molecule has 134 valence electrons. The number of halogens is 1. The molecule has 4 rings (SSSR count). The summed E-state index contributed by atoms with van der Waals surface area (Å²) < 4.78 is 0. The molecule has 4 heterocycles. The van der Waals surface area contributed by atoms with E-state index in [1.165, 1.54) is 24.1 Å². The Labute approximate surface area is 153 Å². The Morgan fingerprint density at radius 2 is 2.25 bits per heavy atom. The molecule has 0 spiro atoms. The molecule has 0 aromatic heterocycles. The fourth-order valence-corrected chi connectivity index (χ4v) is 4.70. The van der Waals surface area contributed by atoms with E-state index in [9.17, 15) is 0 Å². The van der Waals surface area contributed by atoms with Gasteiger partial charge in [0.25, 0.3) is 0 Å². The van der Waals surface area contributed by atoms with Crippen molar-refractivity contribution in [1.82, 2.24) is 26.4 Å². The quantitative estimate of drug-likeness (QED) is 0.413.